The third kappa shape index (κ3) is 2.59. The van der Waals surface area contributed by atoms with Gasteiger partial charge in [-0.15, -0.1) is 10.2 Å². The Labute approximate surface area is 113 Å². The van der Waals surface area contributed by atoms with Crippen LogP contribution < -0.4 is 4.90 Å². The molecule has 2 aliphatic heterocycles. The molecule has 0 N–H and O–H groups in total. The zero-order valence-corrected chi connectivity index (χ0v) is 11.3. The van der Waals surface area contributed by atoms with Crippen LogP contribution in [-0.4, -0.2) is 47.3 Å². The molecule has 1 unspecified atom stereocenters. The molecule has 0 aliphatic carbocycles. The van der Waals surface area contributed by atoms with Crippen molar-refractivity contribution >= 4 is 17.4 Å². The van der Waals surface area contributed by atoms with Crippen molar-refractivity contribution in [1.29, 1.82) is 0 Å². The van der Waals surface area contributed by atoms with Gasteiger partial charge in [-0.3, -0.25) is 4.90 Å². The smallest absolute Gasteiger partial charge is 0.151 e. The minimum Gasteiger partial charge on any atom is -0.354 e. The maximum absolute atomic E-state index is 5.77. The number of hydrogen-bond donors (Lipinski definition) is 0. The first-order chi connectivity index (χ1) is 8.83. The van der Waals surface area contributed by atoms with Crippen LogP contribution in [0.3, 0.4) is 0 Å². The molecule has 98 valence electrons. The lowest BCUT2D eigenvalue weighted by atomic mass is 10.1. The molecule has 1 aromatic rings. The van der Waals surface area contributed by atoms with Crippen molar-refractivity contribution in [3.05, 3.63) is 17.3 Å². The summed E-state index contributed by atoms with van der Waals surface area (Å²) < 4.78 is 0. The van der Waals surface area contributed by atoms with E-state index in [1.807, 2.05) is 12.1 Å². The average Bonchev–Trinajstić information content (AvgIpc) is 2.90. The van der Waals surface area contributed by atoms with Crippen molar-refractivity contribution in [2.75, 3.05) is 31.1 Å². The van der Waals surface area contributed by atoms with E-state index in [0.717, 1.165) is 18.9 Å². The molecule has 3 heterocycles. The molecule has 5 heteroatoms. The van der Waals surface area contributed by atoms with Crippen molar-refractivity contribution in [2.45, 2.75) is 31.7 Å². The Morgan fingerprint density at radius 1 is 1.06 bits per heavy atom. The molecule has 4 nitrogen and oxygen atoms in total. The molecule has 18 heavy (non-hydrogen) atoms. The molecule has 0 spiro atoms. The molecule has 1 aromatic heterocycles. The topological polar surface area (TPSA) is 32.3 Å². The number of nitrogens with zero attached hydrogens (tertiary/aromatic N) is 4. The summed E-state index contributed by atoms with van der Waals surface area (Å²) in [6.07, 6.45) is 5.36. The summed E-state index contributed by atoms with van der Waals surface area (Å²) in [6.45, 7) is 4.70. The summed E-state index contributed by atoms with van der Waals surface area (Å²) in [5.74, 6) is 0.957. The number of piperidine rings is 1. The van der Waals surface area contributed by atoms with E-state index in [1.165, 1.54) is 38.8 Å². The van der Waals surface area contributed by atoms with E-state index in [9.17, 15) is 0 Å². The third-order valence-corrected chi connectivity index (χ3v) is 4.21. The van der Waals surface area contributed by atoms with Crippen molar-refractivity contribution in [2.24, 2.45) is 0 Å². The van der Waals surface area contributed by atoms with E-state index in [2.05, 4.69) is 20.0 Å². The predicted octanol–water partition coefficient (Wildman–Crippen LogP) is 2.19. The molecular formula is C13H19ClN4. The second-order valence-electron chi connectivity index (χ2n) is 5.20. The molecule has 0 radical (unpaired) electrons. The Balaban J connectivity index is 1.62. The molecule has 2 aliphatic rings. The average molecular weight is 267 g/mol. The fourth-order valence-electron chi connectivity index (χ4n) is 3.01. The molecular weight excluding hydrogens is 248 g/mol. The van der Waals surface area contributed by atoms with Gasteiger partial charge >= 0.3 is 0 Å². The highest BCUT2D eigenvalue weighted by atomic mass is 35.5. The van der Waals surface area contributed by atoms with Crippen molar-refractivity contribution in [3.8, 4) is 0 Å². The Kier molecular flexibility index (Phi) is 3.66. The third-order valence-electron chi connectivity index (χ3n) is 4.01. The molecule has 0 bridgehead atoms. The number of rotatable bonds is 2. The van der Waals surface area contributed by atoms with Crippen LogP contribution in [0.1, 0.15) is 25.7 Å². The van der Waals surface area contributed by atoms with E-state index in [4.69, 9.17) is 11.6 Å². The predicted molar refractivity (Wildman–Crippen MR) is 73.1 cm³/mol. The SMILES string of the molecule is Clc1ccc(N2CCC(N3CCCCC3)C2)nn1. The Bertz CT molecular complexity index is 388. The number of hydrogen-bond acceptors (Lipinski definition) is 4. The van der Waals surface area contributed by atoms with Crippen LogP contribution in [0.2, 0.25) is 5.15 Å². The molecule has 0 amide bonds. The van der Waals surface area contributed by atoms with Gasteiger partial charge in [0.1, 0.15) is 0 Å². The van der Waals surface area contributed by atoms with E-state index >= 15 is 0 Å². The van der Waals surface area contributed by atoms with Gasteiger partial charge in [-0.1, -0.05) is 18.0 Å². The van der Waals surface area contributed by atoms with Crippen LogP contribution >= 0.6 is 11.6 Å². The monoisotopic (exact) mass is 266 g/mol. The van der Waals surface area contributed by atoms with Gasteiger partial charge in [-0.25, -0.2) is 0 Å². The Hall–Kier alpha value is -0.870. The number of aromatic nitrogens is 2. The molecule has 3 rings (SSSR count). The molecule has 0 aromatic carbocycles. The van der Waals surface area contributed by atoms with Crippen molar-refractivity contribution in [3.63, 3.8) is 0 Å². The number of halogens is 1. The van der Waals surface area contributed by atoms with Gasteiger partial charge in [-0.05, 0) is 44.5 Å². The lowest BCUT2D eigenvalue weighted by Crippen LogP contribution is -2.40. The van der Waals surface area contributed by atoms with Crippen molar-refractivity contribution < 1.29 is 0 Å². The summed E-state index contributed by atoms with van der Waals surface area (Å²) in [6, 6.07) is 4.48. The zero-order valence-electron chi connectivity index (χ0n) is 10.6. The minimum atomic E-state index is 0.463. The first-order valence-electron chi connectivity index (χ1n) is 6.81. The second-order valence-corrected chi connectivity index (χ2v) is 5.59. The summed E-state index contributed by atoms with van der Waals surface area (Å²) in [5, 5.41) is 8.55. The highest BCUT2D eigenvalue weighted by molar-refractivity contribution is 6.29. The highest BCUT2D eigenvalue weighted by Gasteiger charge is 2.29. The van der Waals surface area contributed by atoms with Gasteiger partial charge < -0.3 is 4.90 Å². The summed E-state index contributed by atoms with van der Waals surface area (Å²) in [4.78, 5) is 4.97. The van der Waals surface area contributed by atoms with Crippen LogP contribution in [0.15, 0.2) is 12.1 Å². The molecule has 0 saturated carbocycles. The van der Waals surface area contributed by atoms with Gasteiger partial charge in [0.2, 0.25) is 0 Å². The fourth-order valence-corrected chi connectivity index (χ4v) is 3.11. The fraction of sp³-hybridized carbons (Fsp3) is 0.692. The normalized spacial score (nSPS) is 25.6. The quantitative estimate of drug-likeness (QED) is 0.822. The summed E-state index contributed by atoms with van der Waals surface area (Å²) >= 11 is 5.77. The highest BCUT2D eigenvalue weighted by Crippen LogP contribution is 2.23. The maximum atomic E-state index is 5.77. The van der Waals surface area contributed by atoms with Crippen LogP contribution in [-0.2, 0) is 0 Å². The summed E-state index contributed by atoms with van der Waals surface area (Å²) in [5.41, 5.74) is 0. The minimum absolute atomic E-state index is 0.463. The van der Waals surface area contributed by atoms with E-state index in [-0.39, 0.29) is 0 Å². The molecule has 1 atom stereocenters. The largest absolute Gasteiger partial charge is 0.354 e. The van der Waals surface area contributed by atoms with Crippen molar-refractivity contribution in [1.82, 2.24) is 15.1 Å². The second kappa shape index (κ2) is 5.41. The van der Waals surface area contributed by atoms with Gasteiger partial charge in [0, 0.05) is 19.1 Å². The van der Waals surface area contributed by atoms with E-state index < -0.39 is 0 Å². The van der Waals surface area contributed by atoms with Gasteiger partial charge in [0.05, 0.1) is 0 Å². The van der Waals surface area contributed by atoms with Crippen LogP contribution in [0.5, 0.6) is 0 Å². The van der Waals surface area contributed by atoms with E-state index in [1.54, 1.807) is 0 Å². The maximum Gasteiger partial charge on any atom is 0.151 e. The van der Waals surface area contributed by atoms with Crippen LogP contribution in [0.25, 0.3) is 0 Å². The number of anilines is 1. The summed E-state index contributed by atoms with van der Waals surface area (Å²) in [7, 11) is 0. The first kappa shape index (κ1) is 12.2. The Morgan fingerprint density at radius 3 is 2.61 bits per heavy atom. The van der Waals surface area contributed by atoms with Gasteiger partial charge in [0.25, 0.3) is 0 Å². The zero-order chi connectivity index (χ0) is 12.4. The first-order valence-corrected chi connectivity index (χ1v) is 7.19. The van der Waals surface area contributed by atoms with Crippen LogP contribution in [0, 0.1) is 0 Å². The van der Waals surface area contributed by atoms with Crippen LogP contribution in [0.4, 0.5) is 5.82 Å². The lowest BCUT2D eigenvalue weighted by molar-refractivity contribution is 0.175. The lowest BCUT2D eigenvalue weighted by Gasteiger charge is -2.32. The van der Waals surface area contributed by atoms with Gasteiger partial charge in [0.15, 0.2) is 11.0 Å². The van der Waals surface area contributed by atoms with E-state index in [0.29, 0.717) is 11.2 Å². The number of likely N-dealkylation sites (tertiary alicyclic amines) is 1. The van der Waals surface area contributed by atoms with Gasteiger partial charge in [-0.2, -0.15) is 0 Å². The Morgan fingerprint density at radius 2 is 1.89 bits per heavy atom. The standard InChI is InChI=1S/C13H19ClN4/c14-12-4-5-13(16-15-12)18-9-6-11(10-18)17-7-2-1-3-8-17/h4-5,11H,1-3,6-10H2. The molecule has 2 saturated heterocycles. The molecule has 2 fully saturated rings.